The van der Waals surface area contributed by atoms with Gasteiger partial charge in [0, 0.05) is 10.5 Å². The molecule has 7 heteroatoms. The van der Waals surface area contributed by atoms with Crippen LogP contribution in [0.15, 0.2) is 40.9 Å². The first-order chi connectivity index (χ1) is 9.75. The fourth-order valence-corrected chi connectivity index (χ4v) is 2.26. The average Bonchev–Trinajstić information content (AvgIpc) is 2.37. The zero-order chi connectivity index (χ0) is 15.6. The van der Waals surface area contributed by atoms with E-state index in [4.69, 9.17) is 11.6 Å². The van der Waals surface area contributed by atoms with Crippen molar-refractivity contribution < 1.29 is 13.2 Å². The number of rotatable bonds is 3. The molecule has 1 aromatic carbocycles. The van der Waals surface area contributed by atoms with Crippen LogP contribution in [0.4, 0.5) is 19.0 Å². The van der Waals surface area contributed by atoms with Gasteiger partial charge in [-0.3, -0.25) is 0 Å². The van der Waals surface area contributed by atoms with Crippen LogP contribution in [-0.2, 0) is 6.18 Å². The molecule has 112 valence electrons. The van der Waals surface area contributed by atoms with Gasteiger partial charge < -0.3 is 5.32 Å². The normalized spacial score (nSPS) is 13.0. The Hall–Kier alpha value is -1.27. The molecule has 1 heterocycles. The van der Waals surface area contributed by atoms with Crippen LogP contribution in [-0.4, -0.2) is 4.98 Å². The lowest BCUT2D eigenvalue weighted by Gasteiger charge is -2.16. The third kappa shape index (κ3) is 4.35. The van der Waals surface area contributed by atoms with E-state index in [1.54, 1.807) is 0 Å². The largest absolute Gasteiger partial charge is 0.416 e. The van der Waals surface area contributed by atoms with E-state index in [2.05, 4.69) is 26.2 Å². The molecule has 0 amide bonds. The summed E-state index contributed by atoms with van der Waals surface area (Å²) in [5.41, 5.74) is 0.0986. The molecule has 0 aliphatic rings. The second-order valence-electron chi connectivity index (χ2n) is 4.48. The maximum Gasteiger partial charge on any atom is 0.416 e. The number of anilines is 1. The van der Waals surface area contributed by atoms with Crippen LogP contribution in [0.1, 0.15) is 24.1 Å². The van der Waals surface area contributed by atoms with Crippen LogP contribution in [0.5, 0.6) is 0 Å². The number of hydrogen-bond donors (Lipinski definition) is 1. The second kappa shape index (κ2) is 6.23. The minimum atomic E-state index is -4.45. The Kier molecular flexibility index (Phi) is 4.78. The first-order valence-corrected chi connectivity index (χ1v) is 7.19. The molecular weight excluding hydrogens is 369 g/mol. The fraction of sp³-hybridized carbons (Fsp3) is 0.214. The van der Waals surface area contributed by atoms with Gasteiger partial charge in [0.2, 0.25) is 0 Å². The number of benzene rings is 1. The van der Waals surface area contributed by atoms with Gasteiger partial charge in [0.1, 0.15) is 11.0 Å². The number of nitrogens with zero attached hydrogens (tertiary/aromatic N) is 1. The maximum absolute atomic E-state index is 12.7. The Morgan fingerprint density at radius 3 is 2.38 bits per heavy atom. The summed E-state index contributed by atoms with van der Waals surface area (Å²) in [4.78, 5) is 3.88. The summed E-state index contributed by atoms with van der Waals surface area (Å²) >= 11 is 8.98. The quantitative estimate of drug-likeness (QED) is 0.693. The Bertz CT molecular complexity index is 629. The summed E-state index contributed by atoms with van der Waals surface area (Å²) in [6.45, 7) is 1.83. The van der Waals surface area contributed by atoms with Gasteiger partial charge in [-0.2, -0.15) is 13.2 Å². The molecule has 0 fully saturated rings. The third-order valence-electron chi connectivity index (χ3n) is 2.86. The van der Waals surface area contributed by atoms with E-state index < -0.39 is 11.7 Å². The summed E-state index contributed by atoms with van der Waals surface area (Å²) in [6, 6.07) is 9.01. The Balaban J connectivity index is 2.23. The number of nitrogens with one attached hydrogen (secondary N) is 1. The molecule has 0 bridgehead atoms. The summed E-state index contributed by atoms with van der Waals surface area (Å²) < 4.78 is 39.1. The molecule has 1 aromatic heterocycles. The number of halogens is 5. The zero-order valence-corrected chi connectivity index (χ0v) is 13.2. The Morgan fingerprint density at radius 1 is 1.19 bits per heavy atom. The molecule has 0 spiro atoms. The highest BCUT2D eigenvalue weighted by molar-refractivity contribution is 9.10. The second-order valence-corrected chi connectivity index (χ2v) is 5.78. The van der Waals surface area contributed by atoms with Crippen molar-refractivity contribution in [1.82, 2.24) is 4.98 Å². The smallest absolute Gasteiger partial charge is 0.363 e. The van der Waals surface area contributed by atoms with Crippen molar-refractivity contribution >= 4 is 33.3 Å². The SMILES string of the molecule is CC(Nc1cc(C(F)(F)F)cc(Cl)n1)c1ccc(Br)cc1. The van der Waals surface area contributed by atoms with E-state index in [0.29, 0.717) is 0 Å². The van der Waals surface area contributed by atoms with E-state index >= 15 is 0 Å². The predicted octanol–water partition coefficient (Wildman–Crippen LogP) is 5.69. The minimum absolute atomic E-state index is 0.0882. The molecule has 0 radical (unpaired) electrons. The molecule has 2 aromatic rings. The zero-order valence-electron chi connectivity index (χ0n) is 10.9. The monoisotopic (exact) mass is 378 g/mol. The Labute approximate surface area is 133 Å². The Morgan fingerprint density at radius 2 is 1.81 bits per heavy atom. The summed E-state index contributed by atoms with van der Waals surface area (Å²) in [5.74, 6) is 0.0882. The van der Waals surface area contributed by atoms with E-state index in [9.17, 15) is 13.2 Å². The molecular formula is C14H11BrClF3N2. The lowest BCUT2D eigenvalue weighted by molar-refractivity contribution is -0.137. The van der Waals surface area contributed by atoms with Crippen LogP contribution >= 0.6 is 27.5 Å². The van der Waals surface area contributed by atoms with Crippen LogP contribution in [0.3, 0.4) is 0 Å². The van der Waals surface area contributed by atoms with Crippen molar-refractivity contribution in [2.75, 3.05) is 5.32 Å². The number of alkyl halides is 3. The molecule has 1 N–H and O–H groups in total. The van der Waals surface area contributed by atoms with Crippen molar-refractivity contribution in [3.8, 4) is 0 Å². The molecule has 0 aliphatic carbocycles. The van der Waals surface area contributed by atoms with E-state index in [1.807, 2.05) is 31.2 Å². The minimum Gasteiger partial charge on any atom is -0.363 e. The van der Waals surface area contributed by atoms with Crippen LogP contribution in [0.25, 0.3) is 0 Å². The number of pyridine rings is 1. The highest BCUT2D eigenvalue weighted by Crippen LogP contribution is 2.32. The highest BCUT2D eigenvalue weighted by Gasteiger charge is 2.31. The summed E-state index contributed by atoms with van der Waals surface area (Å²) in [6.07, 6.45) is -4.45. The third-order valence-corrected chi connectivity index (χ3v) is 3.58. The van der Waals surface area contributed by atoms with Crippen LogP contribution < -0.4 is 5.32 Å². The van der Waals surface area contributed by atoms with Gasteiger partial charge in [-0.25, -0.2) is 4.98 Å². The maximum atomic E-state index is 12.7. The molecule has 0 aliphatic heterocycles. The lowest BCUT2D eigenvalue weighted by Crippen LogP contribution is -2.11. The highest BCUT2D eigenvalue weighted by atomic mass is 79.9. The van der Waals surface area contributed by atoms with Gasteiger partial charge in [0.05, 0.1) is 5.56 Å². The van der Waals surface area contributed by atoms with Crippen molar-refractivity contribution in [3.63, 3.8) is 0 Å². The number of hydrogen-bond acceptors (Lipinski definition) is 2. The van der Waals surface area contributed by atoms with Gasteiger partial charge in [-0.1, -0.05) is 39.7 Å². The first-order valence-electron chi connectivity index (χ1n) is 6.02. The lowest BCUT2D eigenvalue weighted by atomic mass is 10.1. The van der Waals surface area contributed by atoms with Gasteiger partial charge in [-0.15, -0.1) is 0 Å². The van der Waals surface area contributed by atoms with Gasteiger partial charge in [0.15, 0.2) is 0 Å². The van der Waals surface area contributed by atoms with E-state index in [1.165, 1.54) is 0 Å². The fourth-order valence-electron chi connectivity index (χ4n) is 1.79. The summed E-state index contributed by atoms with van der Waals surface area (Å²) in [5, 5.41) is 2.72. The first kappa shape index (κ1) is 16.1. The van der Waals surface area contributed by atoms with Crippen LogP contribution in [0.2, 0.25) is 5.15 Å². The molecule has 1 unspecified atom stereocenters. The molecule has 1 atom stereocenters. The summed E-state index contributed by atoms with van der Waals surface area (Å²) in [7, 11) is 0. The van der Waals surface area contributed by atoms with Crippen molar-refractivity contribution in [2.24, 2.45) is 0 Å². The molecule has 21 heavy (non-hydrogen) atoms. The topological polar surface area (TPSA) is 24.9 Å². The molecule has 2 rings (SSSR count). The van der Waals surface area contributed by atoms with Crippen molar-refractivity contribution in [1.29, 1.82) is 0 Å². The van der Waals surface area contributed by atoms with Gasteiger partial charge in [-0.05, 0) is 36.8 Å². The van der Waals surface area contributed by atoms with Crippen LogP contribution in [0, 0.1) is 0 Å². The van der Waals surface area contributed by atoms with E-state index in [-0.39, 0.29) is 17.0 Å². The van der Waals surface area contributed by atoms with Gasteiger partial charge >= 0.3 is 6.18 Å². The molecule has 2 nitrogen and oxygen atoms in total. The van der Waals surface area contributed by atoms with Crippen molar-refractivity contribution in [2.45, 2.75) is 19.1 Å². The van der Waals surface area contributed by atoms with Gasteiger partial charge in [0.25, 0.3) is 0 Å². The standard InChI is InChI=1S/C14H11BrClF3N2/c1-8(9-2-4-11(15)5-3-9)20-13-7-10(14(17,18)19)6-12(16)21-13/h2-8H,1H3,(H,20,21). The van der Waals surface area contributed by atoms with Crippen molar-refractivity contribution in [3.05, 3.63) is 57.2 Å². The average molecular weight is 380 g/mol. The predicted molar refractivity (Wildman–Crippen MR) is 80.4 cm³/mol. The molecule has 0 saturated heterocycles. The van der Waals surface area contributed by atoms with E-state index in [0.717, 1.165) is 22.2 Å². The molecule has 0 saturated carbocycles. The number of aromatic nitrogens is 1.